The van der Waals surface area contributed by atoms with Crippen LogP contribution in [-0.2, 0) is 4.74 Å². The van der Waals surface area contributed by atoms with E-state index in [1.54, 1.807) is 24.5 Å². The van der Waals surface area contributed by atoms with Gasteiger partial charge in [0.1, 0.15) is 0 Å². The molecule has 10 nitrogen and oxygen atoms in total. The van der Waals surface area contributed by atoms with E-state index < -0.39 is 16.8 Å². The van der Waals surface area contributed by atoms with Gasteiger partial charge in [-0.05, 0) is 43.0 Å². The van der Waals surface area contributed by atoms with Crippen molar-refractivity contribution in [3.05, 3.63) is 88.2 Å². The highest BCUT2D eigenvalue weighted by molar-refractivity contribution is 6.15. The SMILES string of the molecule is Nc1cccc(C(=O)c2cccc([N+](=O)[O-])c2)c1NC(=O)OCC1CCN(c2ccncc2)CC1. The summed E-state index contributed by atoms with van der Waals surface area (Å²) in [7, 11) is 0. The summed E-state index contributed by atoms with van der Waals surface area (Å²) in [6, 6.07) is 14.0. The van der Waals surface area contributed by atoms with E-state index in [2.05, 4.69) is 15.2 Å². The van der Waals surface area contributed by atoms with Crippen LogP contribution in [0.5, 0.6) is 0 Å². The fourth-order valence-corrected chi connectivity index (χ4v) is 4.06. The molecule has 1 aromatic heterocycles. The maximum absolute atomic E-state index is 13.0. The molecule has 2 aromatic carbocycles. The van der Waals surface area contributed by atoms with Crippen molar-refractivity contribution in [1.82, 2.24) is 4.98 Å². The van der Waals surface area contributed by atoms with Gasteiger partial charge in [0, 0.05) is 54.4 Å². The van der Waals surface area contributed by atoms with Gasteiger partial charge in [-0.2, -0.15) is 0 Å². The van der Waals surface area contributed by atoms with Crippen molar-refractivity contribution >= 4 is 34.6 Å². The second kappa shape index (κ2) is 10.6. The molecule has 0 radical (unpaired) electrons. The largest absolute Gasteiger partial charge is 0.449 e. The number of amides is 1. The van der Waals surface area contributed by atoms with E-state index in [4.69, 9.17) is 10.5 Å². The van der Waals surface area contributed by atoms with Gasteiger partial charge in [-0.3, -0.25) is 25.2 Å². The van der Waals surface area contributed by atoms with Crippen LogP contribution in [-0.4, -0.2) is 41.5 Å². The van der Waals surface area contributed by atoms with Crippen molar-refractivity contribution in [3.63, 3.8) is 0 Å². The molecule has 4 rings (SSSR count). The maximum Gasteiger partial charge on any atom is 0.411 e. The number of hydrogen-bond acceptors (Lipinski definition) is 8. The Hall–Kier alpha value is -4.47. The average molecular weight is 476 g/mol. The van der Waals surface area contributed by atoms with Crippen molar-refractivity contribution in [2.24, 2.45) is 5.92 Å². The number of nitrogen functional groups attached to an aromatic ring is 1. The van der Waals surface area contributed by atoms with Gasteiger partial charge >= 0.3 is 6.09 Å². The highest BCUT2D eigenvalue weighted by Gasteiger charge is 2.23. The van der Waals surface area contributed by atoms with Crippen LogP contribution in [0.2, 0.25) is 0 Å². The van der Waals surface area contributed by atoms with Crippen LogP contribution >= 0.6 is 0 Å². The molecule has 180 valence electrons. The molecule has 1 amide bonds. The van der Waals surface area contributed by atoms with Crippen molar-refractivity contribution in [3.8, 4) is 0 Å². The molecule has 0 spiro atoms. The van der Waals surface area contributed by atoms with E-state index in [0.29, 0.717) is 0 Å². The molecule has 1 aliphatic rings. The zero-order valence-corrected chi connectivity index (χ0v) is 18.9. The number of piperidine rings is 1. The number of nitro benzene ring substituents is 1. The molecular weight excluding hydrogens is 450 g/mol. The molecule has 0 aliphatic carbocycles. The molecule has 3 N–H and O–H groups in total. The zero-order chi connectivity index (χ0) is 24.8. The van der Waals surface area contributed by atoms with E-state index in [-0.39, 0.29) is 40.7 Å². The summed E-state index contributed by atoms with van der Waals surface area (Å²) in [4.78, 5) is 42.4. The van der Waals surface area contributed by atoms with Gasteiger partial charge in [0.25, 0.3) is 5.69 Å². The minimum atomic E-state index is -0.715. The van der Waals surface area contributed by atoms with Gasteiger partial charge in [-0.1, -0.05) is 18.2 Å². The molecule has 0 bridgehead atoms. The number of para-hydroxylation sites is 1. The lowest BCUT2D eigenvalue weighted by molar-refractivity contribution is -0.384. The smallest absolute Gasteiger partial charge is 0.411 e. The van der Waals surface area contributed by atoms with Crippen LogP contribution < -0.4 is 16.0 Å². The van der Waals surface area contributed by atoms with Crippen LogP contribution in [0.15, 0.2) is 67.0 Å². The third kappa shape index (κ3) is 5.72. The lowest BCUT2D eigenvalue weighted by Crippen LogP contribution is -2.35. The topological polar surface area (TPSA) is 141 Å². The number of non-ortho nitro benzene ring substituents is 1. The Balaban J connectivity index is 1.37. The third-order valence-corrected chi connectivity index (χ3v) is 5.98. The van der Waals surface area contributed by atoms with Crippen molar-refractivity contribution < 1.29 is 19.2 Å². The molecule has 1 saturated heterocycles. The summed E-state index contributed by atoms with van der Waals surface area (Å²) in [5.41, 5.74) is 7.48. The van der Waals surface area contributed by atoms with Gasteiger partial charge in [0.15, 0.2) is 5.78 Å². The molecule has 10 heteroatoms. The highest BCUT2D eigenvalue weighted by atomic mass is 16.6. The lowest BCUT2D eigenvalue weighted by Gasteiger charge is -2.33. The molecular formula is C25H25N5O5. The molecule has 3 aromatic rings. The van der Waals surface area contributed by atoms with Gasteiger partial charge < -0.3 is 15.4 Å². The summed E-state index contributed by atoms with van der Waals surface area (Å²) in [6.45, 7) is 1.96. The maximum atomic E-state index is 13.0. The lowest BCUT2D eigenvalue weighted by atomic mass is 9.97. The van der Waals surface area contributed by atoms with Crippen LogP contribution in [0.25, 0.3) is 0 Å². The number of nitrogens with one attached hydrogen (secondary N) is 1. The average Bonchev–Trinajstić information content (AvgIpc) is 2.89. The van der Waals surface area contributed by atoms with Crippen molar-refractivity contribution in [1.29, 1.82) is 0 Å². The van der Waals surface area contributed by atoms with E-state index in [1.165, 1.54) is 30.3 Å². The van der Waals surface area contributed by atoms with Crippen molar-refractivity contribution in [2.45, 2.75) is 12.8 Å². The first kappa shape index (κ1) is 23.7. The first-order chi connectivity index (χ1) is 16.9. The summed E-state index contributed by atoms with van der Waals surface area (Å²) < 4.78 is 5.44. The molecule has 1 fully saturated rings. The molecule has 0 saturated carbocycles. The molecule has 0 atom stereocenters. The number of aromatic nitrogens is 1. The number of benzene rings is 2. The molecule has 1 aliphatic heterocycles. The normalized spacial score (nSPS) is 13.8. The number of carbonyl (C=O) groups is 2. The number of nitro groups is 1. The zero-order valence-electron chi connectivity index (χ0n) is 18.9. The fourth-order valence-electron chi connectivity index (χ4n) is 4.06. The highest BCUT2D eigenvalue weighted by Crippen LogP contribution is 2.28. The summed E-state index contributed by atoms with van der Waals surface area (Å²) in [5, 5.41) is 13.6. The van der Waals surface area contributed by atoms with Crippen LogP contribution in [0, 0.1) is 16.0 Å². The molecule has 35 heavy (non-hydrogen) atoms. The number of nitrogens with zero attached hydrogens (tertiary/aromatic N) is 3. The monoisotopic (exact) mass is 475 g/mol. The van der Waals surface area contributed by atoms with Gasteiger partial charge in [-0.15, -0.1) is 0 Å². The van der Waals surface area contributed by atoms with Crippen LogP contribution in [0.3, 0.4) is 0 Å². The van der Waals surface area contributed by atoms with Crippen LogP contribution in [0.1, 0.15) is 28.8 Å². The number of hydrogen-bond donors (Lipinski definition) is 2. The first-order valence-corrected chi connectivity index (χ1v) is 11.2. The van der Waals surface area contributed by atoms with E-state index in [1.807, 2.05) is 12.1 Å². The Bertz CT molecular complexity index is 1230. The van der Waals surface area contributed by atoms with E-state index >= 15 is 0 Å². The Morgan fingerprint density at radius 1 is 1.11 bits per heavy atom. The molecule has 0 unspecified atom stereocenters. The number of carbonyl (C=O) groups excluding carboxylic acids is 2. The van der Waals surface area contributed by atoms with Gasteiger partial charge in [-0.25, -0.2) is 4.79 Å². The predicted octanol–water partition coefficient (Wildman–Crippen LogP) is 4.27. The Labute approximate surface area is 201 Å². The Morgan fingerprint density at radius 3 is 2.54 bits per heavy atom. The number of nitrogens with two attached hydrogens (primary N) is 1. The number of anilines is 3. The second-order valence-corrected chi connectivity index (χ2v) is 8.27. The summed E-state index contributed by atoms with van der Waals surface area (Å²) >= 11 is 0. The number of pyridine rings is 1. The first-order valence-electron chi connectivity index (χ1n) is 11.2. The van der Waals surface area contributed by atoms with E-state index in [0.717, 1.165) is 31.6 Å². The summed E-state index contributed by atoms with van der Waals surface area (Å²) in [5.74, 6) is -0.280. The summed E-state index contributed by atoms with van der Waals surface area (Å²) in [6.07, 6.45) is 4.57. The van der Waals surface area contributed by atoms with Gasteiger partial charge in [0.05, 0.1) is 22.9 Å². The molecule has 2 heterocycles. The van der Waals surface area contributed by atoms with Crippen LogP contribution in [0.4, 0.5) is 27.5 Å². The predicted molar refractivity (Wildman–Crippen MR) is 132 cm³/mol. The minimum absolute atomic E-state index is 0.113. The third-order valence-electron chi connectivity index (χ3n) is 5.98. The second-order valence-electron chi connectivity index (χ2n) is 8.27. The minimum Gasteiger partial charge on any atom is -0.449 e. The van der Waals surface area contributed by atoms with Crippen molar-refractivity contribution in [2.75, 3.05) is 35.6 Å². The quantitative estimate of drug-likeness (QED) is 0.223. The number of ketones is 1. The Morgan fingerprint density at radius 2 is 1.83 bits per heavy atom. The van der Waals surface area contributed by atoms with Gasteiger partial charge in [0.2, 0.25) is 0 Å². The number of ether oxygens (including phenoxy) is 1. The Kier molecular flexibility index (Phi) is 7.20. The number of rotatable bonds is 7. The standard InChI is InChI=1S/C25H25N5O5/c26-22-6-2-5-21(24(31)18-3-1-4-20(15-18)30(33)34)23(22)28-25(32)35-16-17-9-13-29(14-10-17)19-7-11-27-12-8-19/h1-8,11-12,15,17H,9-10,13-14,16,26H2,(H,28,32). The fraction of sp³-hybridized carbons (Fsp3) is 0.240. The van der Waals surface area contributed by atoms with E-state index in [9.17, 15) is 19.7 Å².